The zero-order chi connectivity index (χ0) is 25.5. The predicted octanol–water partition coefficient (Wildman–Crippen LogP) is 5.63. The predicted molar refractivity (Wildman–Crippen MR) is 136 cm³/mol. The Labute approximate surface area is 205 Å². The number of carbonyl (C=O) groups excluding carboxylic acids is 2. The maximum Gasteiger partial charge on any atom is 0.300 e. The van der Waals surface area contributed by atoms with Gasteiger partial charge >= 0.3 is 0 Å². The maximum absolute atomic E-state index is 13.3. The third-order valence-electron chi connectivity index (χ3n) is 6.22. The van der Waals surface area contributed by atoms with Crippen molar-refractivity contribution in [1.29, 1.82) is 0 Å². The van der Waals surface area contributed by atoms with Gasteiger partial charge in [0.1, 0.15) is 17.3 Å². The van der Waals surface area contributed by atoms with E-state index in [1.54, 1.807) is 49.6 Å². The number of carbonyl (C=O) groups is 2. The highest BCUT2D eigenvalue weighted by Crippen LogP contribution is 2.43. The van der Waals surface area contributed by atoms with Gasteiger partial charge in [-0.15, -0.1) is 0 Å². The molecule has 6 heteroatoms. The zero-order valence-electron chi connectivity index (χ0n) is 20.5. The lowest BCUT2D eigenvalue weighted by Gasteiger charge is -2.26. The summed E-state index contributed by atoms with van der Waals surface area (Å²) >= 11 is 0. The van der Waals surface area contributed by atoms with Crippen molar-refractivity contribution in [3.63, 3.8) is 0 Å². The van der Waals surface area contributed by atoms with E-state index in [2.05, 4.69) is 0 Å². The number of ketones is 1. The van der Waals surface area contributed by atoms with E-state index in [9.17, 15) is 19.8 Å². The van der Waals surface area contributed by atoms with Crippen molar-refractivity contribution >= 4 is 23.1 Å². The Kier molecular flexibility index (Phi) is 6.15. The molecule has 3 aromatic carbocycles. The fourth-order valence-corrected chi connectivity index (χ4v) is 4.41. The molecule has 1 saturated heterocycles. The summed E-state index contributed by atoms with van der Waals surface area (Å²) in [5.74, 6) is -1.15. The maximum atomic E-state index is 13.3. The monoisotopic (exact) mass is 471 g/mol. The fourth-order valence-electron chi connectivity index (χ4n) is 4.41. The molecule has 3 aromatic rings. The van der Waals surface area contributed by atoms with Crippen LogP contribution in [0.3, 0.4) is 0 Å². The highest BCUT2D eigenvalue weighted by Gasteiger charge is 2.47. The number of nitrogens with zero attached hydrogens (tertiary/aromatic N) is 1. The topological polar surface area (TPSA) is 87.1 Å². The van der Waals surface area contributed by atoms with Crippen molar-refractivity contribution in [1.82, 2.24) is 0 Å². The molecule has 0 aliphatic carbocycles. The van der Waals surface area contributed by atoms with Crippen molar-refractivity contribution < 1.29 is 24.5 Å². The third kappa shape index (κ3) is 4.39. The number of amides is 1. The van der Waals surface area contributed by atoms with Gasteiger partial charge in [0.2, 0.25) is 0 Å². The molecule has 4 rings (SSSR count). The second-order valence-electron chi connectivity index (χ2n) is 9.76. The number of anilines is 1. The summed E-state index contributed by atoms with van der Waals surface area (Å²) in [5, 5.41) is 21.6. The van der Waals surface area contributed by atoms with Crippen LogP contribution in [-0.2, 0) is 15.0 Å². The van der Waals surface area contributed by atoms with E-state index in [0.29, 0.717) is 22.6 Å². The normalized spacial score (nSPS) is 17.6. The van der Waals surface area contributed by atoms with Crippen LogP contribution < -0.4 is 9.64 Å². The number of Topliss-reactive ketones (excluding diaryl/α,β-unsaturated/α-hetero) is 1. The number of aliphatic hydroxyl groups excluding tert-OH is 1. The lowest BCUT2D eigenvalue weighted by molar-refractivity contribution is -0.132. The number of methoxy groups -OCH3 is 1. The van der Waals surface area contributed by atoms with Crippen LogP contribution in [0.4, 0.5) is 5.69 Å². The van der Waals surface area contributed by atoms with E-state index < -0.39 is 17.7 Å². The Hall–Kier alpha value is -4.06. The Morgan fingerprint density at radius 3 is 2.26 bits per heavy atom. The van der Waals surface area contributed by atoms with E-state index in [-0.39, 0.29) is 22.5 Å². The Morgan fingerprint density at radius 1 is 0.971 bits per heavy atom. The Morgan fingerprint density at radius 2 is 1.66 bits per heavy atom. The van der Waals surface area contributed by atoms with Gasteiger partial charge in [0.25, 0.3) is 11.7 Å². The molecule has 1 aliphatic rings. The molecule has 2 N–H and O–H groups in total. The molecule has 0 saturated carbocycles. The van der Waals surface area contributed by atoms with Gasteiger partial charge in [-0.3, -0.25) is 14.5 Å². The van der Waals surface area contributed by atoms with Crippen LogP contribution in [0.15, 0.2) is 72.3 Å². The van der Waals surface area contributed by atoms with Gasteiger partial charge in [-0.05, 0) is 60.4 Å². The van der Waals surface area contributed by atoms with Crippen LogP contribution in [0, 0.1) is 6.92 Å². The van der Waals surface area contributed by atoms with Crippen molar-refractivity contribution in [3.05, 3.63) is 94.6 Å². The van der Waals surface area contributed by atoms with Gasteiger partial charge in [-0.1, -0.05) is 50.6 Å². The quantitative estimate of drug-likeness (QED) is 0.292. The lowest BCUT2D eigenvalue weighted by atomic mass is 9.84. The summed E-state index contributed by atoms with van der Waals surface area (Å²) in [4.78, 5) is 28.0. The molecule has 1 unspecified atom stereocenters. The molecule has 0 bridgehead atoms. The summed E-state index contributed by atoms with van der Waals surface area (Å²) in [6.45, 7) is 8.01. The molecule has 0 radical (unpaired) electrons. The second kappa shape index (κ2) is 8.95. The van der Waals surface area contributed by atoms with Gasteiger partial charge in [-0.25, -0.2) is 0 Å². The molecule has 1 heterocycles. The minimum Gasteiger partial charge on any atom is -0.508 e. The number of aliphatic hydroxyl groups is 1. The average Bonchev–Trinajstić information content (AvgIpc) is 3.08. The number of benzene rings is 3. The summed E-state index contributed by atoms with van der Waals surface area (Å²) in [6, 6.07) is 17.9. The van der Waals surface area contributed by atoms with Gasteiger partial charge in [0.05, 0.1) is 18.7 Å². The first kappa shape index (κ1) is 24.1. The molecular formula is C29H29NO5. The van der Waals surface area contributed by atoms with Crippen LogP contribution in [0.2, 0.25) is 0 Å². The van der Waals surface area contributed by atoms with Gasteiger partial charge in [0, 0.05) is 16.8 Å². The van der Waals surface area contributed by atoms with Crippen LogP contribution in [0.25, 0.3) is 5.76 Å². The second-order valence-corrected chi connectivity index (χ2v) is 9.76. The van der Waals surface area contributed by atoms with E-state index >= 15 is 0 Å². The van der Waals surface area contributed by atoms with Gasteiger partial charge < -0.3 is 14.9 Å². The van der Waals surface area contributed by atoms with E-state index in [1.165, 1.54) is 17.0 Å². The minimum atomic E-state index is -0.912. The SMILES string of the molecule is COc1ccc(/C(O)=C2/C(=O)C(=O)N(c3ccc(C)cc3)C2c2cccc(O)c2)cc1C(C)(C)C. The molecule has 1 atom stereocenters. The molecule has 0 spiro atoms. The van der Waals surface area contributed by atoms with E-state index in [1.807, 2.05) is 39.8 Å². The zero-order valence-corrected chi connectivity index (χ0v) is 20.5. The number of ether oxygens (including phenoxy) is 1. The largest absolute Gasteiger partial charge is 0.508 e. The van der Waals surface area contributed by atoms with Crippen LogP contribution in [0.1, 0.15) is 49.1 Å². The van der Waals surface area contributed by atoms with Crippen LogP contribution >= 0.6 is 0 Å². The molecule has 1 fully saturated rings. The van der Waals surface area contributed by atoms with E-state index in [4.69, 9.17) is 4.74 Å². The molecular weight excluding hydrogens is 442 g/mol. The van der Waals surface area contributed by atoms with Crippen molar-refractivity contribution in [2.45, 2.75) is 39.2 Å². The highest BCUT2D eigenvalue weighted by atomic mass is 16.5. The molecule has 1 amide bonds. The van der Waals surface area contributed by atoms with Gasteiger partial charge in [-0.2, -0.15) is 0 Å². The number of hydrogen-bond donors (Lipinski definition) is 2. The first-order valence-electron chi connectivity index (χ1n) is 11.4. The van der Waals surface area contributed by atoms with E-state index in [0.717, 1.165) is 11.1 Å². The Balaban J connectivity index is 1.96. The first-order valence-corrected chi connectivity index (χ1v) is 11.4. The number of phenols is 1. The molecule has 6 nitrogen and oxygen atoms in total. The minimum absolute atomic E-state index is 0.00328. The number of aromatic hydroxyl groups is 1. The van der Waals surface area contributed by atoms with Gasteiger partial charge in [0.15, 0.2) is 0 Å². The van der Waals surface area contributed by atoms with Crippen LogP contribution in [0.5, 0.6) is 11.5 Å². The first-order chi connectivity index (χ1) is 16.5. The summed E-state index contributed by atoms with van der Waals surface area (Å²) in [5.41, 5.74) is 2.97. The third-order valence-corrected chi connectivity index (χ3v) is 6.22. The number of hydrogen-bond acceptors (Lipinski definition) is 5. The number of aryl methyl sites for hydroxylation is 1. The van der Waals surface area contributed by atoms with Crippen LogP contribution in [-0.4, -0.2) is 29.0 Å². The molecule has 35 heavy (non-hydrogen) atoms. The summed E-state index contributed by atoms with van der Waals surface area (Å²) < 4.78 is 5.50. The van der Waals surface area contributed by atoms with Crippen molar-refractivity contribution in [2.24, 2.45) is 0 Å². The lowest BCUT2D eigenvalue weighted by Crippen LogP contribution is -2.29. The van der Waals surface area contributed by atoms with Crippen molar-refractivity contribution in [3.8, 4) is 11.5 Å². The number of phenolic OH excluding ortho intramolecular Hbond substituents is 1. The highest BCUT2D eigenvalue weighted by molar-refractivity contribution is 6.51. The average molecular weight is 472 g/mol. The molecule has 1 aliphatic heterocycles. The Bertz CT molecular complexity index is 1330. The molecule has 0 aromatic heterocycles. The summed E-state index contributed by atoms with van der Waals surface area (Å²) in [7, 11) is 1.58. The number of rotatable bonds is 4. The standard InChI is InChI=1S/C29H29NO5/c1-17-9-12-20(13-10-17)30-25(18-7-6-8-21(31)15-18)24(27(33)28(30)34)26(32)19-11-14-23(35-5)22(16-19)29(2,3)4/h6-16,25,31-32H,1-5H3/b26-24-. The molecule has 180 valence electrons. The van der Waals surface area contributed by atoms with Crippen molar-refractivity contribution in [2.75, 3.05) is 12.0 Å². The smallest absolute Gasteiger partial charge is 0.300 e. The summed E-state index contributed by atoms with van der Waals surface area (Å²) in [6.07, 6.45) is 0. The fraction of sp³-hybridized carbons (Fsp3) is 0.241.